The van der Waals surface area contributed by atoms with Crippen molar-refractivity contribution in [3.05, 3.63) is 34.3 Å². The van der Waals surface area contributed by atoms with Crippen LogP contribution in [0.1, 0.15) is 12.5 Å². The average molecular weight is 385 g/mol. The third kappa shape index (κ3) is 6.00. The van der Waals surface area contributed by atoms with Gasteiger partial charge < -0.3 is 10.1 Å². The largest absolute Gasteiger partial charge is 0.379 e. The SMILES string of the molecule is C/C(=N\NC(=S)NCCN1CCOCC1)c1cccc(Br)c1. The number of hydrazone groups is 1. The molecule has 0 amide bonds. The Morgan fingerprint density at radius 3 is 2.91 bits per heavy atom. The number of halogens is 1. The molecule has 5 nitrogen and oxygen atoms in total. The highest BCUT2D eigenvalue weighted by Crippen LogP contribution is 2.12. The van der Waals surface area contributed by atoms with Crippen LogP contribution in [-0.4, -0.2) is 55.1 Å². The van der Waals surface area contributed by atoms with E-state index in [0.717, 1.165) is 55.1 Å². The fourth-order valence-corrected chi connectivity index (χ4v) is 2.65. The number of hydrogen-bond donors (Lipinski definition) is 2. The van der Waals surface area contributed by atoms with Gasteiger partial charge in [0.25, 0.3) is 0 Å². The van der Waals surface area contributed by atoms with Gasteiger partial charge in [0.2, 0.25) is 0 Å². The fourth-order valence-electron chi connectivity index (χ4n) is 2.10. The number of benzene rings is 1. The Kier molecular flexibility index (Phi) is 7.24. The molecule has 1 fully saturated rings. The van der Waals surface area contributed by atoms with E-state index in [2.05, 4.69) is 36.7 Å². The van der Waals surface area contributed by atoms with Crippen molar-refractivity contribution in [2.45, 2.75) is 6.92 Å². The number of nitrogens with zero attached hydrogens (tertiary/aromatic N) is 2. The minimum absolute atomic E-state index is 0.544. The number of ether oxygens (including phenoxy) is 1. The molecule has 1 aromatic carbocycles. The summed E-state index contributed by atoms with van der Waals surface area (Å²) in [6, 6.07) is 8.01. The van der Waals surface area contributed by atoms with Gasteiger partial charge in [0.15, 0.2) is 5.11 Å². The van der Waals surface area contributed by atoms with Crippen LogP contribution in [0.4, 0.5) is 0 Å². The van der Waals surface area contributed by atoms with Crippen molar-refractivity contribution in [1.82, 2.24) is 15.6 Å². The lowest BCUT2D eigenvalue weighted by molar-refractivity contribution is 0.0389. The molecule has 0 radical (unpaired) electrons. The molecule has 1 aromatic rings. The summed E-state index contributed by atoms with van der Waals surface area (Å²) >= 11 is 8.69. The lowest BCUT2D eigenvalue weighted by Gasteiger charge is -2.26. The van der Waals surface area contributed by atoms with E-state index < -0.39 is 0 Å². The van der Waals surface area contributed by atoms with E-state index in [4.69, 9.17) is 17.0 Å². The topological polar surface area (TPSA) is 48.9 Å². The predicted octanol–water partition coefficient (Wildman–Crippen LogP) is 1.97. The zero-order valence-corrected chi connectivity index (χ0v) is 15.0. The lowest BCUT2D eigenvalue weighted by Crippen LogP contribution is -2.42. The molecule has 120 valence electrons. The first kappa shape index (κ1) is 17.3. The Labute approximate surface area is 145 Å². The van der Waals surface area contributed by atoms with Gasteiger partial charge in [0.1, 0.15) is 0 Å². The summed E-state index contributed by atoms with van der Waals surface area (Å²) in [6.45, 7) is 7.32. The number of rotatable bonds is 5. The second-order valence-corrected chi connectivity index (χ2v) is 6.35. The first-order chi connectivity index (χ1) is 10.6. The van der Waals surface area contributed by atoms with E-state index >= 15 is 0 Å². The van der Waals surface area contributed by atoms with Crippen molar-refractivity contribution in [2.75, 3.05) is 39.4 Å². The Balaban J connectivity index is 1.71. The number of thiocarbonyl (C=S) groups is 1. The zero-order chi connectivity index (χ0) is 15.8. The van der Waals surface area contributed by atoms with Gasteiger partial charge in [0.05, 0.1) is 18.9 Å². The van der Waals surface area contributed by atoms with Crippen LogP contribution in [0.3, 0.4) is 0 Å². The quantitative estimate of drug-likeness (QED) is 0.461. The Morgan fingerprint density at radius 1 is 1.41 bits per heavy atom. The molecule has 2 N–H and O–H groups in total. The molecule has 0 saturated carbocycles. The highest BCUT2D eigenvalue weighted by Gasteiger charge is 2.09. The van der Waals surface area contributed by atoms with Gasteiger partial charge in [0, 0.05) is 30.7 Å². The van der Waals surface area contributed by atoms with Crippen LogP contribution < -0.4 is 10.7 Å². The maximum absolute atomic E-state index is 5.32. The van der Waals surface area contributed by atoms with E-state index in [-0.39, 0.29) is 0 Å². The third-order valence-corrected chi connectivity index (χ3v) is 4.11. The summed E-state index contributed by atoms with van der Waals surface area (Å²) in [4.78, 5) is 2.36. The normalized spacial score (nSPS) is 16.4. The Bertz CT molecular complexity index is 532. The average Bonchev–Trinajstić information content (AvgIpc) is 2.53. The fraction of sp³-hybridized carbons (Fsp3) is 0.467. The smallest absolute Gasteiger partial charge is 0.187 e. The molecular weight excluding hydrogens is 364 g/mol. The van der Waals surface area contributed by atoms with Crippen LogP contribution in [0.15, 0.2) is 33.8 Å². The second kappa shape index (κ2) is 9.19. The first-order valence-electron chi connectivity index (χ1n) is 7.29. The first-order valence-corrected chi connectivity index (χ1v) is 8.49. The summed E-state index contributed by atoms with van der Waals surface area (Å²) in [5.74, 6) is 0. The van der Waals surface area contributed by atoms with Crippen LogP contribution in [0, 0.1) is 0 Å². The molecule has 0 bridgehead atoms. The highest BCUT2D eigenvalue weighted by molar-refractivity contribution is 9.10. The van der Waals surface area contributed by atoms with Crippen molar-refractivity contribution in [3.63, 3.8) is 0 Å². The van der Waals surface area contributed by atoms with Crippen LogP contribution in [-0.2, 0) is 4.74 Å². The molecule has 0 aromatic heterocycles. The summed E-state index contributed by atoms with van der Waals surface area (Å²) in [6.07, 6.45) is 0. The van der Waals surface area contributed by atoms with Gasteiger partial charge in [-0.25, -0.2) is 0 Å². The molecule has 0 aliphatic carbocycles. The molecule has 1 heterocycles. The van der Waals surface area contributed by atoms with Crippen molar-refractivity contribution >= 4 is 39.0 Å². The molecule has 1 aliphatic heterocycles. The Hall–Kier alpha value is -1.02. The maximum atomic E-state index is 5.32. The van der Waals surface area contributed by atoms with E-state index in [0.29, 0.717) is 5.11 Å². The van der Waals surface area contributed by atoms with E-state index in [1.807, 2.05) is 31.2 Å². The zero-order valence-electron chi connectivity index (χ0n) is 12.6. The van der Waals surface area contributed by atoms with Crippen LogP contribution in [0.2, 0.25) is 0 Å². The molecule has 0 atom stereocenters. The lowest BCUT2D eigenvalue weighted by atomic mass is 10.1. The van der Waals surface area contributed by atoms with Crippen LogP contribution in [0.25, 0.3) is 0 Å². The van der Waals surface area contributed by atoms with Crippen LogP contribution in [0.5, 0.6) is 0 Å². The second-order valence-electron chi connectivity index (χ2n) is 5.03. The molecular formula is C15H21BrN4OS. The third-order valence-electron chi connectivity index (χ3n) is 3.38. The highest BCUT2D eigenvalue weighted by atomic mass is 79.9. The van der Waals surface area contributed by atoms with Gasteiger partial charge in [-0.05, 0) is 36.8 Å². The van der Waals surface area contributed by atoms with Crippen molar-refractivity contribution in [1.29, 1.82) is 0 Å². The van der Waals surface area contributed by atoms with Gasteiger partial charge in [-0.1, -0.05) is 28.1 Å². The van der Waals surface area contributed by atoms with E-state index in [9.17, 15) is 0 Å². The van der Waals surface area contributed by atoms with Gasteiger partial charge >= 0.3 is 0 Å². The predicted molar refractivity (Wildman–Crippen MR) is 97.3 cm³/mol. The minimum atomic E-state index is 0.544. The standard InChI is InChI=1S/C15H21BrN4OS/c1-12(13-3-2-4-14(16)11-13)18-19-15(22)17-5-6-20-7-9-21-10-8-20/h2-4,11H,5-10H2,1H3,(H2,17,19,22)/b18-12+. The summed E-state index contributed by atoms with van der Waals surface area (Å²) in [7, 11) is 0. The molecule has 1 saturated heterocycles. The molecule has 22 heavy (non-hydrogen) atoms. The summed E-state index contributed by atoms with van der Waals surface area (Å²) in [5.41, 5.74) is 4.83. The van der Waals surface area contributed by atoms with Gasteiger partial charge in [-0.15, -0.1) is 0 Å². The monoisotopic (exact) mass is 384 g/mol. The van der Waals surface area contributed by atoms with Gasteiger partial charge in [-0.2, -0.15) is 5.10 Å². The van der Waals surface area contributed by atoms with Crippen molar-refractivity contribution in [2.24, 2.45) is 5.10 Å². The number of nitrogens with one attached hydrogen (secondary N) is 2. The summed E-state index contributed by atoms with van der Waals surface area (Å²) in [5, 5.41) is 8.02. The molecule has 0 unspecified atom stereocenters. The molecule has 1 aliphatic rings. The van der Waals surface area contributed by atoms with Crippen molar-refractivity contribution in [3.8, 4) is 0 Å². The molecule has 2 rings (SSSR count). The van der Waals surface area contributed by atoms with E-state index in [1.54, 1.807) is 0 Å². The maximum Gasteiger partial charge on any atom is 0.187 e. The Morgan fingerprint density at radius 2 is 2.18 bits per heavy atom. The van der Waals surface area contributed by atoms with E-state index in [1.165, 1.54) is 0 Å². The molecule has 7 heteroatoms. The number of hydrogen-bond acceptors (Lipinski definition) is 4. The summed E-state index contributed by atoms with van der Waals surface area (Å²) < 4.78 is 6.35. The minimum Gasteiger partial charge on any atom is -0.379 e. The van der Waals surface area contributed by atoms with Gasteiger partial charge in [-0.3, -0.25) is 10.3 Å². The molecule has 0 spiro atoms. The van der Waals surface area contributed by atoms with Crippen molar-refractivity contribution < 1.29 is 4.74 Å². The van der Waals surface area contributed by atoms with Crippen LogP contribution >= 0.6 is 28.1 Å². The number of morpholine rings is 1.